The highest BCUT2D eigenvalue weighted by Crippen LogP contribution is 2.28. The van der Waals surface area contributed by atoms with Crippen LogP contribution in [0.4, 0.5) is 0 Å². The van der Waals surface area contributed by atoms with Gasteiger partial charge in [0.1, 0.15) is 5.75 Å². The maximum Gasteiger partial charge on any atom is 0.260 e. The molecule has 1 unspecified atom stereocenters. The van der Waals surface area contributed by atoms with Gasteiger partial charge in [0.05, 0.1) is 0 Å². The molecule has 0 aliphatic rings. The number of carbonyl (C=O) groups is 1. The van der Waals surface area contributed by atoms with Gasteiger partial charge in [0.2, 0.25) is 0 Å². The molecule has 0 heterocycles. The van der Waals surface area contributed by atoms with Crippen LogP contribution in [0, 0.1) is 6.92 Å². The summed E-state index contributed by atoms with van der Waals surface area (Å²) in [5.41, 5.74) is 4.94. The minimum absolute atomic E-state index is 0.0635. The number of nitrogens with one attached hydrogen (secondary N) is 1. The fourth-order valence-electron chi connectivity index (χ4n) is 3.18. The van der Waals surface area contributed by atoms with Gasteiger partial charge in [-0.3, -0.25) is 4.79 Å². The van der Waals surface area contributed by atoms with E-state index in [0.717, 1.165) is 29.7 Å². The normalized spacial score (nSPS) is 12.3. The van der Waals surface area contributed by atoms with Crippen molar-refractivity contribution in [2.24, 2.45) is 0 Å². The first-order valence-electron chi connectivity index (χ1n) is 10.4. The Morgan fingerprint density at radius 1 is 0.964 bits per heavy atom. The van der Waals surface area contributed by atoms with Gasteiger partial charge in [0, 0.05) is 6.54 Å². The zero-order valence-electron chi connectivity index (χ0n) is 18.2. The molecule has 0 aliphatic heterocycles. The summed E-state index contributed by atoms with van der Waals surface area (Å²) in [6, 6.07) is 15.0. The zero-order chi connectivity index (χ0) is 20.7. The molecule has 152 valence electrons. The monoisotopic (exact) mass is 381 g/mol. The van der Waals surface area contributed by atoms with Crippen LogP contribution < -0.4 is 10.1 Å². The quantitative estimate of drug-likeness (QED) is 0.561. The SMILES string of the molecule is Cc1ccc(C(C)C)c(OC(C)C(=O)NCCCc2ccc(C(C)C)cc2)c1. The average Bonchev–Trinajstić information content (AvgIpc) is 2.65. The van der Waals surface area contributed by atoms with Crippen LogP contribution in [0.15, 0.2) is 42.5 Å². The Kier molecular flexibility index (Phi) is 8.10. The van der Waals surface area contributed by atoms with E-state index in [2.05, 4.69) is 69.4 Å². The minimum Gasteiger partial charge on any atom is -0.481 e. The van der Waals surface area contributed by atoms with Crippen molar-refractivity contribution in [3.8, 4) is 5.75 Å². The van der Waals surface area contributed by atoms with Gasteiger partial charge in [0.25, 0.3) is 5.91 Å². The van der Waals surface area contributed by atoms with Crippen LogP contribution in [0.1, 0.15) is 75.1 Å². The number of benzene rings is 2. The van der Waals surface area contributed by atoms with Crippen molar-refractivity contribution in [1.29, 1.82) is 0 Å². The molecule has 1 amide bonds. The molecule has 2 aromatic carbocycles. The fourth-order valence-corrected chi connectivity index (χ4v) is 3.18. The predicted octanol–water partition coefficient (Wildman–Crippen LogP) is 5.76. The van der Waals surface area contributed by atoms with Crippen molar-refractivity contribution < 1.29 is 9.53 Å². The summed E-state index contributed by atoms with van der Waals surface area (Å²) >= 11 is 0. The van der Waals surface area contributed by atoms with Gasteiger partial charge in [-0.1, -0.05) is 64.1 Å². The molecular formula is C25H35NO2. The Labute approximate surface area is 170 Å². The molecule has 0 saturated carbocycles. The lowest BCUT2D eigenvalue weighted by atomic mass is 10.0. The average molecular weight is 382 g/mol. The molecule has 0 bridgehead atoms. The van der Waals surface area contributed by atoms with E-state index in [0.29, 0.717) is 18.4 Å². The van der Waals surface area contributed by atoms with E-state index in [1.165, 1.54) is 11.1 Å². The lowest BCUT2D eigenvalue weighted by molar-refractivity contribution is -0.127. The van der Waals surface area contributed by atoms with Crippen molar-refractivity contribution in [1.82, 2.24) is 5.32 Å². The molecule has 0 saturated heterocycles. The Bertz CT molecular complexity index is 763. The van der Waals surface area contributed by atoms with E-state index in [9.17, 15) is 4.79 Å². The van der Waals surface area contributed by atoms with Crippen molar-refractivity contribution in [2.45, 2.75) is 72.3 Å². The summed E-state index contributed by atoms with van der Waals surface area (Å²) in [5, 5.41) is 3.00. The molecule has 28 heavy (non-hydrogen) atoms. The lowest BCUT2D eigenvalue weighted by Crippen LogP contribution is -2.37. The molecule has 0 spiro atoms. The third-order valence-corrected chi connectivity index (χ3v) is 5.05. The standard InChI is InChI=1S/C25H35NO2/c1-17(2)22-12-10-21(11-13-22)8-7-15-26-25(27)20(6)28-24-16-19(5)9-14-23(24)18(3)4/h9-14,16-18,20H,7-8,15H2,1-6H3,(H,26,27). The van der Waals surface area contributed by atoms with Gasteiger partial charge in [-0.25, -0.2) is 0 Å². The number of ether oxygens (including phenoxy) is 1. The third-order valence-electron chi connectivity index (χ3n) is 5.05. The van der Waals surface area contributed by atoms with E-state index in [-0.39, 0.29) is 5.91 Å². The van der Waals surface area contributed by atoms with Gasteiger partial charge in [-0.2, -0.15) is 0 Å². The van der Waals surface area contributed by atoms with Crippen LogP contribution in [0.2, 0.25) is 0 Å². The second kappa shape index (κ2) is 10.3. The topological polar surface area (TPSA) is 38.3 Å². The molecule has 0 aliphatic carbocycles. The molecule has 2 rings (SSSR count). The number of hydrogen-bond acceptors (Lipinski definition) is 2. The summed E-state index contributed by atoms with van der Waals surface area (Å²) in [5.74, 6) is 1.65. The Hall–Kier alpha value is -2.29. The fraction of sp³-hybridized carbons (Fsp3) is 0.480. The maximum absolute atomic E-state index is 12.4. The van der Waals surface area contributed by atoms with Crippen LogP contribution in [0.25, 0.3) is 0 Å². The van der Waals surface area contributed by atoms with Gasteiger partial charge in [0.15, 0.2) is 6.10 Å². The van der Waals surface area contributed by atoms with Gasteiger partial charge < -0.3 is 10.1 Å². The molecular weight excluding hydrogens is 346 g/mol. The number of aryl methyl sites for hydroxylation is 2. The molecule has 3 nitrogen and oxygen atoms in total. The van der Waals surface area contributed by atoms with Crippen molar-refractivity contribution in [2.75, 3.05) is 6.54 Å². The smallest absolute Gasteiger partial charge is 0.260 e. The summed E-state index contributed by atoms with van der Waals surface area (Å²) in [4.78, 5) is 12.4. The molecule has 3 heteroatoms. The van der Waals surface area contributed by atoms with E-state index < -0.39 is 6.10 Å². The Morgan fingerprint density at radius 2 is 1.64 bits per heavy atom. The molecule has 1 N–H and O–H groups in total. The molecule has 0 aromatic heterocycles. The maximum atomic E-state index is 12.4. The number of rotatable bonds is 9. The van der Waals surface area contributed by atoms with Crippen LogP contribution in [-0.4, -0.2) is 18.6 Å². The molecule has 0 fully saturated rings. The molecule has 1 atom stereocenters. The number of hydrogen-bond donors (Lipinski definition) is 1. The van der Waals surface area contributed by atoms with Crippen molar-refractivity contribution in [3.63, 3.8) is 0 Å². The molecule has 2 aromatic rings. The van der Waals surface area contributed by atoms with E-state index in [1.807, 2.05) is 19.9 Å². The lowest BCUT2D eigenvalue weighted by Gasteiger charge is -2.19. The summed E-state index contributed by atoms with van der Waals surface area (Å²) in [6.45, 7) is 13.2. The zero-order valence-corrected chi connectivity index (χ0v) is 18.2. The van der Waals surface area contributed by atoms with Crippen LogP contribution in [0.3, 0.4) is 0 Å². The van der Waals surface area contributed by atoms with Crippen molar-refractivity contribution >= 4 is 5.91 Å². The summed E-state index contributed by atoms with van der Waals surface area (Å²) in [6.07, 6.45) is 1.37. The second-order valence-corrected chi connectivity index (χ2v) is 8.25. The third kappa shape index (κ3) is 6.40. The first kappa shape index (κ1) is 22.0. The largest absolute Gasteiger partial charge is 0.481 e. The van der Waals surface area contributed by atoms with Crippen LogP contribution in [0.5, 0.6) is 5.75 Å². The first-order valence-corrected chi connectivity index (χ1v) is 10.4. The van der Waals surface area contributed by atoms with Gasteiger partial charge in [-0.05, 0) is 66.8 Å². The highest BCUT2D eigenvalue weighted by molar-refractivity contribution is 5.80. The Morgan fingerprint density at radius 3 is 2.25 bits per heavy atom. The second-order valence-electron chi connectivity index (χ2n) is 8.25. The van der Waals surface area contributed by atoms with E-state index >= 15 is 0 Å². The minimum atomic E-state index is -0.510. The molecule has 0 radical (unpaired) electrons. The Balaban J connectivity index is 1.81. The summed E-state index contributed by atoms with van der Waals surface area (Å²) < 4.78 is 5.99. The predicted molar refractivity (Wildman–Crippen MR) is 117 cm³/mol. The van der Waals surface area contributed by atoms with E-state index in [1.54, 1.807) is 0 Å². The van der Waals surface area contributed by atoms with E-state index in [4.69, 9.17) is 4.74 Å². The van der Waals surface area contributed by atoms with Crippen LogP contribution in [-0.2, 0) is 11.2 Å². The van der Waals surface area contributed by atoms with Crippen molar-refractivity contribution in [3.05, 3.63) is 64.7 Å². The van der Waals surface area contributed by atoms with Gasteiger partial charge >= 0.3 is 0 Å². The highest BCUT2D eigenvalue weighted by atomic mass is 16.5. The number of amides is 1. The van der Waals surface area contributed by atoms with Gasteiger partial charge in [-0.15, -0.1) is 0 Å². The highest BCUT2D eigenvalue weighted by Gasteiger charge is 2.17. The summed E-state index contributed by atoms with van der Waals surface area (Å²) in [7, 11) is 0. The first-order chi connectivity index (χ1) is 13.3. The van der Waals surface area contributed by atoms with Crippen LogP contribution >= 0.6 is 0 Å². The number of carbonyl (C=O) groups excluding carboxylic acids is 1.